The molecule has 2 aromatic carbocycles. The smallest absolute Gasteiger partial charge is 0.255 e. The normalized spacial score (nSPS) is 9.92. The number of carbonyl (C=O) groups is 3. The molecule has 0 radical (unpaired) electrons. The first-order valence-corrected chi connectivity index (χ1v) is 8.14. The van der Waals surface area contributed by atoms with Crippen molar-refractivity contribution in [1.82, 2.24) is 10.6 Å². The van der Waals surface area contributed by atoms with E-state index >= 15 is 0 Å². The van der Waals surface area contributed by atoms with Crippen LogP contribution in [0.2, 0.25) is 0 Å². The van der Waals surface area contributed by atoms with Gasteiger partial charge in [-0.1, -0.05) is 12.1 Å². The van der Waals surface area contributed by atoms with Crippen molar-refractivity contribution in [2.45, 2.75) is 6.92 Å². The Morgan fingerprint density at radius 3 is 2.27 bits per heavy atom. The van der Waals surface area contributed by atoms with E-state index in [-0.39, 0.29) is 23.9 Å². The van der Waals surface area contributed by atoms with E-state index in [9.17, 15) is 14.4 Å². The molecular formula is C19H21N3O4. The maximum absolute atomic E-state index is 12.4. The minimum absolute atomic E-state index is 0.132. The third-order valence-corrected chi connectivity index (χ3v) is 3.56. The van der Waals surface area contributed by atoms with Gasteiger partial charge in [0.05, 0.1) is 24.9 Å². The summed E-state index contributed by atoms with van der Waals surface area (Å²) in [4.78, 5) is 36.2. The topological polar surface area (TPSA) is 96.5 Å². The SMILES string of the molecule is CCNC(=O)CNC(=O)c1ccccc1NC(=O)c1ccc(OC)cc1. The highest BCUT2D eigenvalue weighted by Crippen LogP contribution is 2.17. The lowest BCUT2D eigenvalue weighted by Gasteiger charge is -2.11. The number of ether oxygens (including phenoxy) is 1. The van der Waals surface area contributed by atoms with Gasteiger partial charge in [-0.3, -0.25) is 14.4 Å². The number of hydrogen-bond acceptors (Lipinski definition) is 4. The highest BCUT2D eigenvalue weighted by molar-refractivity contribution is 6.09. The fourth-order valence-corrected chi connectivity index (χ4v) is 2.24. The third kappa shape index (κ3) is 5.07. The van der Waals surface area contributed by atoms with Gasteiger partial charge in [0, 0.05) is 12.1 Å². The molecule has 26 heavy (non-hydrogen) atoms. The van der Waals surface area contributed by atoms with Crippen LogP contribution in [0.15, 0.2) is 48.5 Å². The molecule has 0 bridgehead atoms. The maximum atomic E-state index is 12.4. The molecule has 0 aliphatic carbocycles. The zero-order valence-electron chi connectivity index (χ0n) is 14.7. The number of hydrogen-bond donors (Lipinski definition) is 3. The lowest BCUT2D eigenvalue weighted by molar-refractivity contribution is -0.120. The Morgan fingerprint density at radius 2 is 1.62 bits per heavy atom. The van der Waals surface area contributed by atoms with E-state index in [1.807, 2.05) is 0 Å². The third-order valence-electron chi connectivity index (χ3n) is 3.56. The Labute approximate surface area is 151 Å². The highest BCUT2D eigenvalue weighted by atomic mass is 16.5. The van der Waals surface area contributed by atoms with Crippen molar-refractivity contribution < 1.29 is 19.1 Å². The zero-order valence-corrected chi connectivity index (χ0v) is 14.7. The van der Waals surface area contributed by atoms with E-state index in [4.69, 9.17) is 4.74 Å². The average molecular weight is 355 g/mol. The molecule has 0 heterocycles. The summed E-state index contributed by atoms with van der Waals surface area (Å²) in [6.07, 6.45) is 0. The van der Waals surface area contributed by atoms with E-state index in [1.165, 1.54) is 0 Å². The number of anilines is 1. The molecule has 7 heteroatoms. The van der Waals surface area contributed by atoms with Crippen molar-refractivity contribution in [3.63, 3.8) is 0 Å². The number of benzene rings is 2. The molecule has 7 nitrogen and oxygen atoms in total. The highest BCUT2D eigenvalue weighted by Gasteiger charge is 2.14. The molecule has 0 unspecified atom stereocenters. The Bertz CT molecular complexity index is 788. The molecule has 0 saturated heterocycles. The zero-order chi connectivity index (χ0) is 18.9. The lowest BCUT2D eigenvalue weighted by Crippen LogP contribution is -2.37. The van der Waals surface area contributed by atoms with Crippen LogP contribution in [0.1, 0.15) is 27.6 Å². The van der Waals surface area contributed by atoms with Crippen LogP contribution in [0.4, 0.5) is 5.69 Å². The molecule has 2 aromatic rings. The molecular weight excluding hydrogens is 334 g/mol. The maximum Gasteiger partial charge on any atom is 0.255 e. The number of para-hydroxylation sites is 1. The summed E-state index contributed by atoms with van der Waals surface area (Å²) in [6, 6.07) is 13.2. The Balaban J connectivity index is 2.08. The Hall–Kier alpha value is -3.35. The number of rotatable bonds is 7. The van der Waals surface area contributed by atoms with Crippen LogP contribution in [0.3, 0.4) is 0 Å². The minimum atomic E-state index is -0.443. The quantitative estimate of drug-likeness (QED) is 0.706. The molecule has 3 amide bonds. The monoisotopic (exact) mass is 355 g/mol. The summed E-state index contributed by atoms with van der Waals surface area (Å²) in [6.45, 7) is 2.15. The number of amides is 3. The van der Waals surface area contributed by atoms with E-state index in [1.54, 1.807) is 62.6 Å². The first kappa shape index (κ1) is 19.0. The van der Waals surface area contributed by atoms with Gasteiger partial charge in [-0.15, -0.1) is 0 Å². The van der Waals surface area contributed by atoms with Gasteiger partial charge < -0.3 is 20.7 Å². The van der Waals surface area contributed by atoms with E-state index in [2.05, 4.69) is 16.0 Å². The molecule has 0 fully saturated rings. The molecule has 3 N–H and O–H groups in total. The van der Waals surface area contributed by atoms with Crippen molar-refractivity contribution in [3.8, 4) is 5.75 Å². The molecule has 2 rings (SSSR count). The van der Waals surface area contributed by atoms with Crippen LogP contribution >= 0.6 is 0 Å². The molecule has 0 aromatic heterocycles. The van der Waals surface area contributed by atoms with Gasteiger partial charge in [0.15, 0.2) is 0 Å². The molecule has 136 valence electrons. The predicted octanol–water partition coefficient (Wildman–Crippen LogP) is 1.81. The van der Waals surface area contributed by atoms with E-state index in [0.29, 0.717) is 23.5 Å². The Morgan fingerprint density at radius 1 is 0.923 bits per heavy atom. The van der Waals surface area contributed by atoms with Gasteiger partial charge in [0.2, 0.25) is 5.91 Å². The first-order chi connectivity index (χ1) is 12.5. The van der Waals surface area contributed by atoms with Crippen molar-refractivity contribution in [3.05, 3.63) is 59.7 Å². The van der Waals surface area contributed by atoms with Gasteiger partial charge in [0.1, 0.15) is 5.75 Å². The van der Waals surface area contributed by atoms with Gasteiger partial charge in [-0.2, -0.15) is 0 Å². The van der Waals surface area contributed by atoms with Crippen LogP contribution in [-0.4, -0.2) is 37.9 Å². The second kappa shape index (κ2) is 9.22. The molecule has 0 atom stereocenters. The van der Waals surface area contributed by atoms with Crippen LogP contribution < -0.4 is 20.7 Å². The van der Waals surface area contributed by atoms with Crippen LogP contribution in [0, 0.1) is 0 Å². The summed E-state index contributed by atoms with van der Waals surface area (Å²) < 4.78 is 5.06. The minimum Gasteiger partial charge on any atom is -0.497 e. The summed E-state index contributed by atoms with van der Waals surface area (Å²) >= 11 is 0. The molecule has 0 saturated carbocycles. The summed E-state index contributed by atoms with van der Waals surface area (Å²) in [5.41, 5.74) is 1.07. The van der Waals surface area contributed by atoms with Crippen molar-refractivity contribution >= 4 is 23.4 Å². The summed E-state index contributed by atoms with van der Waals surface area (Å²) in [5, 5.41) is 7.85. The second-order valence-corrected chi connectivity index (χ2v) is 5.36. The number of carbonyl (C=O) groups excluding carboxylic acids is 3. The van der Waals surface area contributed by atoms with Crippen LogP contribution in [0.5, 0.6) is 5.75 Å². The fourth-order valence-electron chi connectivity index (χ4n) is 2.24. The molecule has 0 aliphatic heterocycles. The average Bonchev–Trinajstić information content (AvgIpc) is 2.67. The molecule has 0 aliphatic rings. The first-order valence-electron chi connectivity index (χ1n) is 8.14. The molecule has 0 spiro atoms. The van der Waals surface area contributed by atoms with Crippen molar-refractivity contribution in [1.29, 1.82) is 0 Å². The van der Waals surface area contributed by atoms with Crippen molar-refractivity contribution in [2.75, 3.05) is 25.5 Å². The van der Waals surface area contributed by atoms with E-state index < -0.39 is 5.91 Å². The van der Waals surface area contributed by atoms with Gasteiger partial charge in [-0.05, 0) is 43.3 Å². The second-order valence-electron chi connectivity index (χ2n) is 5.36. The predicted molar refractivity (Wildman–Crippen MR) is 98.4 cm³/mol. The van der Waals surface area contributed by atoms with Crippen LogP contribution in [-0.2, 0) is 4.79 Å². The summed E-state index contributed by atoms with van der Waals surface area (Å²) in [7, 11) is 1.55. The number of likely N-dealkylation sites (N-methyl/N-ethyl adjacent to an activating group) is 1. The van der Waals surface area contributed by atoms with Gasteiger partial charge in [-0.25, -0.2) is 0 Å². The number of nitrogens with one attached hydrogen (secondary N) is 3. The van der Waals surface area contributed by atoms with Gasteiger partial charge in [0.25, 0.3) is 11.8 Å². The largest absolute Gasteiger partial charge is 0.497 e. The fraction of sp³-hybridized carbons (Fsp3) is 0.211. The van der Waals surface area contributed by atoms with Gasteiger partial charge >= 0.3 is 0 Å². The van der Waals surface area contributed by atoms with Crippen molar-refractivity contribution in [2.24, 2.45) is 0 Å². The van der Waals surface area contributed by atoms with Crippen LogP contribution in [0.25, 0.3) is 0 Å². The number of methoxy groups -OCH3 is 1. The Kier molecular flexibility index (Phi) is 6.73. The summed E-state index contributed by atoms with van der Waals surface area (Å²) in [5.74, 6) is -0.425. The standard InChI is InChI=1S/C19H21N3O4/c1-3-20-17(23)12-21-19(25)15-6-4-5-7-16(15)22-18(24)13-8-10-14(26-2)11-9-13/h4-11H,3,12H2,1-2H3,(H,20,23)(H,21,25)(H,22,24). The van der Waals surface area contributed by atoms with E-state index in [0.717, 1.165) is 0 Å². The lowest BCUT2D eigenvalue weighted by atomic mass is 10.1.